The lowest BCUT2D eigenvalue weighted by molar-refractivity contribution is -0.131. The summed E-state index contributed by atoms with van der Waals surface area (Å²) in [5, 5.41) is 7.64. The van der Waals surface area contributed by atoms with Crippen molar-refractivity contribution < 1.29 is 33.0 Å². The molecular weight excluding hydrogens is 610 g/mol. The van der Waals surface area contributed by atoms with Crippen LogP contribution in [0.4, 0.5) is 4.39 Å². The number of rotatable bonds is 16. The van der Waals surface area contributed by atoms with Gasteiger partial charge in [-0.3, -0.25) is 23.7 Å². The first-order chi connectivity index (χ1) is 21.9. The number of nitrogens with one attached hydrogen (secondary N) is 3. The SMILES string of the molecule is CCC(C)C(NC(=O)CP(=O)(O)C(Cc1ccccc1)NC(=O)c1cccc(F)c1)C(=O)N[C@@H](C/C=C/c1ccccc1)C(N)=O. The van der Waals surface area contributed by atoms with Crippen LogP contribution in [0.25, 0.3) is 6.08 Å². The molecule has 3 aromatic rings. The fourth-order valence-corrected chi connectivity index (χ4v) is 6.18. The Balaban J connectivity index is 1.74. The Labute approximate surface area is 268 Å². The standard InChI is InChI=1S/C34H40FN4O6P/c1-3-23(2)31(34(43)37-28(32(36)41)19-10-16-24-12-6-4-7-13-24)38-29(40)22-46(44,45)30(20-25-14-8-5-9-15-25)39-33(42)26-17-11-18-27(35)21-26/h4-18,21,23,28,30-31H,3,19-20,22H2,1-2H3,(H2,36,41)(H,37,43)(H,38,40)(H,39,42)(H,44,45)/b16-10+/t23?,28-,30?,31?/m0/s1. The molecule has 0 aliphatic carbocycles. The molecule has 10 nitrogen and oxygen atoms in total. The normalized spacial score (nSPS) is 15.1. The van der Waals surface area contributed by atoms with Crippen molar-refractivity contribution in [3.05, 3.63) is 114 Å². The summed E-state index contributed by atoms with van der Waals surface area (Å²) >= 11 is 0. The average Bonchev–Trinajstić information content (AvgIpc) is 3.03. The molecule has 46 heavy (non-hydrogen) atoms. The molecule has 0 aliphatic rings. The van der Waals surface area contributed by atoms with Gasteiger partial charge in [0, 0.05) is 12.0 Å². The highest BCUT2D eigenvalue weighted by Gasteiger charge is 2.37. The van der Waals surface area contributed by atoms with Gasteiger partial charge in [0.2, 0.25) is 25.1 Å². The maximum atomic E-state index is 13.8. The van der Waals surface area contributed by atoms with Crippen LogP contribution in [0.5, 0.6) is 0 Å². The monoisotopic (exact) mass is 650 g/mol. The largest absolute Gasteiger partial charge is 0.368 e. The zero-order chi connectivity index (χ0) is 33.7. The molecule has 4 unspecified atom stereocenters. The number of halogens is 1. The molecule has 0 spiro atoms. The second-order valence-electron chi connectivity index (χ2n) is 11.0. The fraction of sp³-hybridized carbons (Fsp3) is 0.294. The van der Waals surface area contributed by atoms with Gasteiger partial charge in [-0.25, -0.2) is 4.39 Å². The Morgan fingerprint density at radius 1 is 0.935 bits per heavy atom. The lowest BCUT2D eigenvalue weighted by Crippen LogP contribution is -2.55. The van der Waals surface area contributed by atoms with Crippen molar-refractivity contribution in [2.75, 3.05) is 6.16 Å². The molecule has 0 aliphatic heterocycles. The van der Waals surface area contributed by atoms with Crippen molar-refractivity contribution in [2.45, 2.75) is 51.0 Å². The molecule has 244 valence electrons. The van der Waals surface area contributed by atoms with E-state index < -0.39 is 66.8 Å². The zero-order valence-electron chi connectivity index (χ0n) is 25.8. The van der Waals surface area contributed by atoms with Crippen molar-refractivity contribution in [1.29, 1.82) is 0 Å². The molecule has 0 radical (unpaired) electrons. The van der Waals surface area contributed by atoms with E-state index in [-0.39, 0.29) is 18.4 Å². The molecular formula is C34H40FN4O6P. The van der Waals surface area contributed by atoms with Gasteiger partial charge in [-0.05, 0) is 41.7 Å². The highest BCUT2D eigenvalue weighted by Crippen LogP contribution is 2.46. The molecule has 0 fully saturated rings. The van der Waals surface area contributed by atoms with Crippen molar-refractivity contribution in [3.63, 3.8) is 0 Å². The summed E-state index contributed by atoms with van der Waals surface area (Å²) in [6, 6.07) is 20.6. The lowest BCUT2D eigenvalue weighted by atomic mass is 9.97. The minimum atomic E-state index is -4.48. The third-order valence-electron chi connectivity index (χ3n) is 7.47. The first-order valence-electron chi connectivity index (χ1n) is 14.9. The van der Waals surface area contributed by atoms with Gasteiger partial charge in [0.1, 0.15) is 29.8 Å². The highest BCUT2D eigenvalue weighted by molar-refractivity contribution is 7.59. The smallest absolute Gasteiger partial charge is 0.252 e. The van der Waals surface area contributed by atoms with Crippen molar-refractivity contribution in [1.82, 2.24) is 16.0 Å². The van der Waals surface area contributed by atoms with Gasteiger partial charge in [-0.1, -0.05) is 99.2 Å². The predicted molar refractivity (Wildman–Crippen MR) is 175 cm³/mol. The quantitative estimate of drug-likeness (QED) is 0.147. The van der Waals surface area contributed by atoms with Gasteiger partial charge in [0.05, 0.1) is 0 Å². The lowest BCUT2D eigenvalue weighted by Gasteiger charge is -2.27. The number of nitrogens with two attached hydrogens (primary N) is 1. The molecule has 3 rings (SSSR count). The summed E-state index contributed by atoms with van der Waals surface area (Å²) in [5.41, 5.74) is 7.01. The number of hydrogen-bond acceptors (Lipinski definition) is 5. The Morgan fingerprint density at radius 3 is 2.20 bits per heavy atom. The van der Waals surface area contributed by atoms with E-state index in [4.69, 9.17) is 5.73 Å². The van der Waals surface area contributed by atoms with E-state index >= 15 is 0 Å². The average molecular weight is 651 g/mol. The molecule has 4 amide bonds. The second kappa shape index (κ2) is 17.2. The van der Waals surface area contributed by atoms with Crippen LogP contribution >= 0.6 is 7.37 Å². The van der Waals surface area contributed by atoms with Crippen LogP contribution in [-0.2, 0) is 25.4 Å². The highest BCUT2D eigenvalue weighted by atomic mass is 31.2. The van der Waals surface area contributed by atoms with Crippen molar-refractivity contribution in [2.24, 2.45) is 11.7 Å². The first kappa shape index (κ1) is 35.9. The Hall–Kier alpha value is -4.60. The predicted octanol–water partition coefficient (Wildman–Crippen LogP) is 4.00. The van der Waals surface area contributed by atoms with Gasteiger partial charge < -0.3 is 26.6 Å². The number of benzene rings is 3. The molecule has 0 saturated heterocycles. The van der Waals surface area contributed by atoms with Gasteiger partial charge in [0.25, 0.3) is 5.91 Å². The summed E-state index contributed by atoms with van der Waals surface area (Å²) in [6.07, 6.45) is 3.06. The first-order valence-corrected chi connectivity index (χ1v) is 16.8. The van der Waals surface area contributed by atoms with E-state index in [1.54, 1.807) is 56.3 Å². The number of carbonyl (C=O) groups excluding carboxylic acids is 4. The topological polar surface area (TPSA) is 168 Å². The zero-order valence-corrected chi connectivity index (χ0v) is 26.7. The van der Waals surface area contributed by atoms with Gasteiger partial charge in [-0.15, -0.1) is 0 Å². The molecule has 6 N–H and O–H groups in total. The van der Waals surface area contributed by atoms with Crippen LogP contribution in [0.15, 0.2) is 91.0 Å². The number of hydrogen-bond donors (Lipinski definition) is 5. The summed E-state index contributed by atoms with van der Waals surface area (Å²) in [5.74, 6) is -5.59. The summed E-state index contributed by atoms with van der Waals surface area (Å²) in [6.45, 7) is 3.52. The van der Waals surface area contributed by atoms with E-state index in [2.05, 4.69) is 16.0 Å². The van der Waals surface area contributed by atoms with Crippen LogP contribution in [-0.4, -0.2) is 52.6 Å². The molecule has 0 heterocycles. The fourth-order valence-electron chi connectivity index (χ4n) is 4.65. The number of carbonyl (C=O) groups is 4. The molecule has 5 atom stereocenters. The summed E-state index contributed by atoms with van der Waals surface area (Å²) < 4.78 is 27.4. The van der Waals surface area contributed by atoms with Crippen LogP contribution in [0.3, 0.4) is 0 Å². The maximum absolute atomic E-state index is 13.8. The summed E-state index contributed by atoms with van der Waals surface area (Å²) in [4.78, 5) is 62.8. The molecule has 3 aromatic carbocycles. The van der Waals surface area contributed by atoms with Crippen LogP contribution in [0.2, 0.25) is 0 Å². The van der Waals surface area contributed by atoms with Crippen molar-refractivity contribution in [3.8, 4) is 0 Å². The van der Waals surface area contributed by atoms with E-state index in [0.717, 1.165) is 17.7 Å². The second-order valence-corrected chi connectivity index (χ2v) is 13.5. The van der Waals surface area contributed by atoms with E-state index in [1.165, 1.54) is 12.1 Å². The van der Waals surface area contributed by atoms with Gasteiger partial charge in [0.15, 0.2) is 0 Å². The molecule has 0 saturated carbocycles. The Kier molecular flexibility index (Phi) is 13.4. The Morgan fingerprint density at radius 2 is 1.59 bits per heavy atom. The van der Waals surface area contributed by atoms with E-state index in [9.17, 15) is 33.0 Å². The minimum Gasteiger partial charge on any atom is -0.368 e. The van der Waals surface area contributed by atoms with E-state index in [1.807, 2.05) is 30.3 Å². The molecule has 0 bridgehead atoms. The maximum Gasteiger partial charge on any atom is 0.252 e. The Bertz CT molecular complexity index is 1570. The third kappa shape index (κ3) is 11.1. The number of primary amides is 1. The minimum absolute atomic E-state index is 0.0568. The van der Waals surface area contributed by atoms with Crippen LogP contribution < -0.4 is 21.7 Å². The van der Waals surface area contributed by atoms with Gasteiger partial charge >= 0.3 is 0 Å². The third-order valence-corrected chi connectivity index (χ3v) is 9.49. The van der Waals surface area contributed by atoms with Gasteiger partial charge in [-0.2, -0.15) is 0 Å². The van der Waals surface area contributed by atoms with Crippen molar-refractivity contribution >= 4 is 37.1 Å². The molecule has 12 heteroatoms. The molecule has 0 aromatic heterocycles. The van der Waals surface area contributed by atoms with Crippen LogP contribution in [0, 0.1) is 11.7 Å². The summed E-state index contributed by atoms with van der Waals surface area (Å²) in [7, 11) is -4.48. The van der Waals surface area contributed by atoms with E-state index in [0.29, 0.717) is 12.0 Å². The number of amides is 4. The van der Waals surface area contributed by atoms with Crippen LogP contribution in [0.1, 0.15) is 48.2 Å².